The second-order valence-corrected chi connectivity index (χ2v) is 5.84. The lowest BCUT2D eigenvalue weighted by Gasteiger charge is -2.33. The van der Waals surface area contributed by atoms with Crippen molar-refractivity contribution in [1.82, 2.24) is 4.90 Å². The van der Waals surface area contributed by atoms with Gasteiger partial charge in [-0.1, -0.05) is 18.2 Å². The van der Waals surface area contributed by atoms with E-state index in [1.165, 1.54) is 0 Å². The van der Waals surface area contributed by atoms with Gasteiger partial charge < -0.3 is 14.7 Å². The predicted octanol–water partition coefficient (Wildman–Crippen LogP) is 1.92. The molecular formula is C16H19NO4. The third kappa shape index (κ3) is 2.86. The fourth-order valence-electron chi connectivity index (χ4n) is 2.84. The number of carbonyl (C=O) groups excluding carboxylic acids is 1. The van der Waals surface area contributed by atoms with Crippen LogP contribution in [0.2, 0.25) is 0 Å². The van der Waals surface area contributed by atoms with E-state index in [1.54, 1.807) is 4.90 Å². The maximum Gasteiger partial charge on any atom is 0.308 e. The van der Waals surface area contributed by atoms with Crippen molar-refractivity contribution in [3.63, 3.8) is 0 Å². The van der Waals surface area contributed by atoms with Crippen LogP contribution in [0.4, 0.5) is 0 Å². The first-order valence-electron chi connectivity index (χ1n) is 7.37. The zero-order valence-corrected chi connectivity index (χ0v) is 11.8. The van der Waals surface area contributed by atoms with Gasteiger partial charge >= 0.3 is 5.97 Å². The van der Waals surface area contributed by atoms with Crippen LogP contribution >= 0.6 is 0 Å². The SMILES string of the molecule is O=C(O)[C@H]1CCCN(C(=O)C2(Oc3ccccc3)CC2)C1. The van der Waals surface area contributed by atoms with Crippen LogP contribution in [0.25, 0.3) is 0 Å². The van der Waals surface area contributed by atoms with Gasteiger partial charge in [0, 0.05) is 25.9 Å². The molecule has 3 rings (SSSR count). The first kappa shape index (κ1) is 13.9. The van der Waals surface area contributed by atoms with Gasteiger partial charge in [0.2, 0.25) is 0 Å². The Balaban J connectivity index is 1.68. The van der Waals surface area contributed by atoms with Crippen molar-refractivity contribution in [2.24, 2.45) is 5.92 Å². The molecule has 0 aromatic heterocycles. The number of piperidine rings is 1. The van der Waals surface area contributed by atoms with E-state index >= 15 is 0 Å². The number of carboxylic acids is 1. The van der Waals surface area contributed by atoms with Crippen molar-refractivity contribution in [1.29, 1.82) is 0 Å². The highest BCUT2D eigenvalue weighted by Crippen LogP contribution is 2.42. The summed E-state index contributed by atoms with van der Waals surface area (Å²) in [5, 5.41) is 9.12. The van der Waals surface area contributed by atoms with Crippen molar-refractivity contribution in [3.8, 4) is 5.75 Å². The lowest BCUT2D eigenvalue weighted by molar-refractivity contribution is -0.149. The van der Waals surface area contributed by atoms with E-state index in [2.05, 4.69) is 0 Å². The number of aliphatic carboxylic acids is 1. The third-order valence-corrected chi connectivity index (χ3v) is 4.21. The summed E-state index contributed by atoms with van der Waals surface area (Å²) in [5.74, 6) is -0.635. The summed E-state index contributed by atoms with van der Waals surface area (Å²) in [7, 11) is 0. The minimum Gasteiger partial charge on any atom is -0.481 e. The Morgan fingerprint density at radius 2 is 1.95 bits per heavy atom. The van der Waals surface area contributed by atoms with Crippen LogP contribution < -0.4 is 4.74 Å². The Kier molecular flexibility index (Phi) is 3.57. The van der Waals surface area contributed by atoms with Crippen LogP contribution in [0, 0.1) is 5.92 Å². The molecule has 0 radical (unpaired) electrons. The quantitative estimate of drug-likeness (QED) is 0.919. The molecule has 1 amide bonds. The molecule has 0 spiro atoms. The Labute approximate surface area is 123 Å². The second-order valence-electron chi connectivity index (χ2n) is 5.84. The average molecular weight is 289 g/mol. The van der Waals surface area contributed by atoms with E-state index in [0.717, 1.165) is 6.42 Å². The first-order valence-corrected chi connectivity index (χ1v) is 7.37. The molecule has 1 aliphatic carbocycles. The van der Waals surface area contributed by atoms with Gasteiger partial charge in [-0.2, -0.15) is 0 Å². The van der Waals surface area contributed by atoms with Gasteiger partial charge in [0.25, 0.3) is 5.91 Å². The average Bonchev–Trinajstić information content (AvgIpc) is 3.28. The number of nitrogens with zero attached hydrogens (tertiary/aromatic N) is 1. The molecule has 21 heavy (non-hydrogen) atoms. The topological polar surface area (TPSA) is 66.8 Å². The standard InChI is InChI=1S/C16H19NO4/c18-14(19)12-5-4-10-17(11-12)15(20)16(8-9-16)21-13-6-2-1-3-7-13/h1-3,6-7,12H,4-5,8-11H2,(H,18,19)/t12-/m0/s1. The lowest BCUT2D eigenvalue weighted by Crippen LogP contribution is -2.49. The smallest absolute Gasteiger partial charge is 0.308 e. The number of ether oxygens (including phenoxy) is 1. The molecule has 1 saturated carbocycles. The molecule has 1 heterocycles. The molecular weight excluding hydrogens is 270 g/mol. The molecule has 1 N–H and O–H groups in total. The molecule has 5 nitrogen and oxygen atoms in total. The number of likely N-dealkylation sites (tertiary alicyclic amines) is 1. The summed E-state index contributed by atoms with van der Waals surface area (Å²) in [6.07, 6.45) is 2.79. The molecule has 0 unspecified atom stereocenters. The van der Waals surface area contributed by atoms with Gasteiger partial charge in [0.15, 0.2) is 5.60 Å². The molecule has 1 aliphatic heterocycles. The van der Waals surface area contributed by atoms with Crippen LogP contribution in [-0.2, 0) is 9.59 Å². The summed E-state index contributed by atoms with van der Waals surface area (Å²) in [6.45, 7) is 0.927. The number of carbonyl (C=O) groups is 2. The molecule has 0 bridgehead atoms. The summed E-state index contributed by atoms with van der Waals surface area (Å²) in [4.78, 5) is 25.4. The molecule has 1 atom stereocenters. The minimum absolute atomic E-state index is 0.0581. The Morgan fingerprint density at radius 1 is 1.24 bits per heavy atom. The van der Waals surface area contributed by atoms with Crippen molar-refractivity contribution < 1.29 is 19.4 Å². The number of para-hydroxylation sites is 1. The summed E-state index contributed by atoms with van der Waals surface area (Å²) < 4.78 is 5.89. The van der Waals surface area contributed by atoms with E-state index in [0.29, 0.717) is 38.1 Å². The molecule has 2 fully saturated rings. The Bertz CT molecular complexity index is 538. The number of hydrogen-bond acceptors (Lipinski definition) is 3. The third-order valence-electron chi connectivity index (χ3n) is 4.21. The van der Waals surface area contributed by atoms with E-state index in [4.69, 9.17) is 9.84 Å². The zero-order chi connectivity index (χ0) is 14.9. The highest BCUT2D eigenvalue weighted by atomic mass is 16.5. The molecule has 112 valence electrons. The number of amides is 1. The lowest BCUT2D eigenvalue weighted by atomic mass is 9.97. The highest BCUT2D eigenvalue weighted by Gasteiger charge is 2.55. The van der Waals surface area contributed by atoms with Crippen LogP contribution in [0.3, 0.4) is 0 Å². The van der Waals surface area contributed by atoms with Crippen LogP contribution in [0.5, 0.6) is 5.75 Å². The number of hydrogen-bond donors (Lipinski definition) is 1. The second kappa shape index (κ2) is 5.39. The number of benzene rings is 1. The van der Waals surface area contributed by atoms with Gasteiger partial charge in [-0.3, -0.25) is 9.59 Å². The summed E-state index contributed by atoms with van der Waals surface area (Å²) in [6, 6.07) is 9.32. The van der Waals surface area contributed by atoms with Gasteiger partial charge in [-0.25, -0.2) is 0 Å². The molecule has 1 aromatic carbocycles. The molecule has 2 aliphatic rings. The van der Waals surface area contributed by atoms with Gasteiger partial charge in [0.05, 0.1) is 5.92 Å². The normalized spacial score (nSPS) is 23.4. The Hall–Kier alpha value is -2.04. The van der Waals surface area contributed by atoms with Gasteiger partial charge in [0.1, 0.15) is 5.75 Å². The number of rotatable bonds is 4. The van der Waals surface area contributed by atoms with Gasteiger partial charge in [-0.05, 0) is 25.0 Å². The molecule has 1 aromatic rings. The van der Waals surface area contributed by atoms with E-state index in [1.807, 2.05) is 30.3 Å². The highest BCUT2D eigenvalue weighted by molar-refractivity contribution is 5.89. The largest absolute Gasteiger partial charge is 0.481 e. The van der Waals surface area contributed by atoms with E-state index in [9.17, 15) is 9.59 Å². The molecule has 5 heteroatoms. The minimum atomic E-state index is -0.818. The van der Waals surface area contributed by atoms with Crippen molar-refractivity contribution in [2.75, 3.05) is 13.1 Å². The first-order chi connectivity index (χ1) is 10.1. The van der Waals surface area contributed by atoms with E-state index in [-0.39, 0.29) is 5.91 Å². The van der Waals surface area contributed by atoms with E-state index < -0.39 is 17.5 Å². The van der Waals surface area contributed by atoms with Crippen LogP contribution in [0.1, 0.15) is 25.7 Å². The van der Waals surface area contributed by atoms with Crippen molar-refractivity contribution in [2.45, 2.75) is 31.3 Å². The zero-order valence-electron chi connectivity index (χ0n) is 11.8. The van der Waals surface area contributed by atoms with Crippen molar-refractivity contribution >= 4 is 11.9 Å². The summed E-state index contributed by atoms with van der Waals surface area (Å²) in [5.41, 5.74) is -0.762. The maximum absolute atomic E-state index is 12.7. The fourth-order valence-corrected chi connectivity index (χ4v) is 2.84. The predicted molar refractivity (Wildman–Crippen MR) is 76.0 cm³/mol. The molecule has 1 saturated heterocycles. The van der Waals surface area contributed by atoms with Gasteiger partial charge in [-0.15, -0.1) is 0 Å². The van der Waals surface area contributed by atoms with Crippen LogP contribution in [0.15, 0.2) is 30.3 Å². The monoisotopic (exact) mass is 289 g/mol. The number of carboxylic acid groups (broad SMARTS) is 1. The maximum atomic E-state index is 12.7. The van der Waals surface area contributed by atoms with Crippen molar-refractivity contribution in [3.05, 3.63) is 30.3 Å². The summed E-state index contributed by atoms with van der Waals surface area (Å²) >= 11 is 0. The fraction of sp³-hybridized carbons (Fsp3) is 0.500. The Morgan fingerprint density at radius 3 is 2.57 bits per heavy atom. The van der Waals surface area contributed by atoms with Crippen LogP contribution in [-0.4, -0.2) is 40.6 Å².